The van der Waals surface area contributed by atoms with Crippen molar-refractivity contribution in [2.75, 3.05) is 4.90 Å². The molecule has 0 spiro atoms. The molecule has 2 N–H and O–H groups in total. The number of rotatable bonds is 1. The van der Waals surface area contributed by atoms with Crippen molar-refractivity contribution in [3.63, 3.8) is 0 Å². The summed E-state index contributed by atoms with van der Waals surface area (Å²) in [4.78, 5) is 1.62. The lowest BCUT2D eigenvalue weighted by molar-refractivity contribution is 0.432. The van der Waals surface area contributed by atoms with Gasteiger partial charge in [0.05, 0.1) is 23.2 Å². The molecule has 0 amide bonds. The fourth-order valence-electron chi connectivity index (χ4n) is 3.16. The van der Waals surface area contributed by atoms with Crippen LogP contribution in [0, 0.1) is 22.7 Å². The molecule has 25 heavy (non-hydrogen) atoms. The molecule has 0 radical (unpaired) electrons. The van der Waals surface area contributed by atoms with Crippen molar-refractivity contribution in [3.05, 3.63) is 82.0 Å². The Balaban J connectivity index is 1.96. The highest BCUT2D eigenvalue weighted by molar-refractivity contribution is 6.30. The summed E-state index contributed by atoms with van der Waals surface area (Å²) in [5.74, 6) is 0.622. The van der Waals surface area contributed by atoms with Gasteiger partial charge in [-0.2, -0.15) is 10.5 Å². The van der Waals surface area contributed by atoms with E-state index in [1.54, 1.807) is 35.2 Å². The second-order valence-corrected chi connectivity index (χ2v) is 6.07. The lowest BCUT2D eigenvalue weighted by atomic mass is 9.83. The second-order valence-electron chi connectivity index (χ2n) is 5.63. The lowest BCUT2D eigenvalue weighted by Crippen LogP contribution is -2.34. The summed E-state index contributed by atoms with van der Waals surface area (Å²) in [5, 5.41) is 20.1. The van der Waals surface area contributed by atoms with Gasteiger partial charge in [-0.3, -0.25) is 4.90 Å². The van der Waals surface area contributed by atoms with Crippen LogP contribution in [0.3, 0.4) is 0 Å². The Kier molecular flexibility index (Phi) is 3.39. The first-order valence-electron chi connectivity index (χ1n) is 7.52. The first-order valence-corrected chi connectivity index (χ1v) is 7.90. The minimum absolute atomic E-state index is 0.265. The summed E-state index contributed by atoms with van der Waals surface area (Å²) in [7, 11) is 0. The number of para-hydroxylation sites is 2. The summed E-state index contributed by atoms with van der Waals surface area (Å²) in [6, 6.07) is 18.7. The lowest BCUT2D eigenvalue weighted by Gasteiger charge is -2.30. The third-order valence-electron chi connectivity index (χ3n) is 4.28. The van der Waals surface area contributed by atoms with Gasteiger partial charge in [-0.05, 0) is 29.8 Å². The second kappa shape index (κ2) is 5.59. The number of fused-ring (bicyclic) bond motifs is 3. The molecule has 2 aromatic rings. The van der Waals surface area contributed by atoms with Crippen molar-refractivity contribution in [3.8, 4) is 17.9 Å². The summed E-state index contributed by atoms with van der Waals surface area (Å²) >= 11 is 5.96. The molecule has 2 aromatic carbocycles. The van der Waals surface area contributed by atoms with E-state index in [1.165, 1.54) is 0 Å². The average Bonchev–Trinajstić information content (AvgIpc) is 3.02. The van der Waals surface area contributed by atoms with Gasteiger partial charge in [0, 0.05) is 5.02 Å². The minimum Gasteiger partial charge on any atom is -0.437 e. The topological polar surface area (TPSA) is 86.1 Å². The summed E-state index contributed by atoms with van der Waals surface area (Å²) < 4.78 is 5.89. The number of hydrogen-bond acceptors (Lipinski definition) is 5. The summed E-state index contributed by atoms with van der Waals surface area (Å²) in [6.45, 7) is 0. The molecule has 2 heterocycles. The Bertz CT molecular complexity index is 1020. The van der Waals surface area contributed by atoms with Crippen molar-refractivity contribution in [2.45, 2.75) is 5.92 Å². The minimum atomic E-state index is -0.590. The van der Waals surface area contributed by atoms with Gasteiger partial charge in [0.15, 0.2) is 5.75 Å². The molecule has 0 saturated heterocycles. The van der Waals surface area contributed by atoms with Gasteiger partial charge < -0.3 is 10.5 Å². The van der Waals surface area contributed by atoms with Crippen LogP contribution in [-0.2, 0) is 0 Å². The standard InChI is InChI=1S/C19H11ClN4O/c20-12-7-5-11(6-8-12)17-13(9-21)18(23)24-15-3-1-2-4-16(15)25-19(24)14(17)10-22/h1-8,17H,23H2. The van der Waals surface area contributed by atoms with Crippen LogP contribution < -0.4 is 15.4 Å². The molecular weight excluding hydrogens is 336 g/mol. The number of ether oxygens (including phenoxy) is 1. The number of hydrogen-bond donors (Lipinski definition) is 1. The number of nitrogens with zero attached hydrogens (tertiary/aromatic N) is 3. The van der Waals surface area contributed by atoms with Crippen LogP contribution in [0.2, 0.25) is 5.02 Å². The number of allylic oxidation sites excluding steroid dienone is 2. The molecule has 120 valence electrons. The molecular formula is C19H11ClN4O. The van der Waals surface area contributed by atoms with Crippen LogP contribution in [0.25, 0.3) is 0 Å². The van der Waals surface area contributed by atoms with Gasteiger partial charge in [0.25, 0.3) is 0 Å². The van der Waals surface area contributed by atoms with E-state index >= 15 is 0 Å². The first-order chi connectivity index (χ1) is 12.2. The van der Waals surface area contributed by atoms with Gasteiger partial charge in [-0.25, -0.2) is 0 Å². The van der Waals surface area contributed by atoms with Crippen molar-refractivity contribution in [1.82, 2.24) is 0 Å². The maximum atomic E-state index is 9.79. The Morgan fingerprint density at radius 1 is 1.00 bits per heavy atom. The first kappa shape index (κ1) is 15.1. The van der Waals surface area contributed by atoms with E-state index in [1.807, 2.05) is 18.2 Å². The fraction of sp³-hybridized carbons (Fsp3) is 0.0526. The number of halogens is 1. The van der Waals surface area contributed by atoms with Crippen molar-refractivity contribution in [2.24, 2.45) is 5.73 Å². The van der Waals surface area contributed by atoms with Crippen LogP contribution in [-0.4, -0.2) is 0 Å². The molecule has 2 aliphatic heterocycles. The third kappa shape index (κ3) is 2.15. The van der Waals surface area contributed by atoms with E-state index in [0.29, 0.717) is 33.5 Å². The van der Waals surface area contributed by atoms with Crippen molar-refractivity contribution < 1.29 is 4.74 Å². The van der Waals surface area contributed by atoms with E-state index in [9.17, 15) is 10.5 Å². The molecule has 1 atom stereocenters. The molecule has 5 nitrogen and oxygen atoms in total. The Morgan fingerprint density at radius 2 is 1.68 bits per heavy atom. The number of anilines is 1. The van der Waals surface area contributed by atoms with Crippen molar-refractivity contribution in [1.29, 1.82) is 10.5 Å². The van der Waals surface area contributed by atoms with E-state index < -0.39 is 5.92 Å². The highest BCUT2D eigenvalue weighted by atomic mass is 35.5. The smallest absolute Gasteiger partial charge is 0.221 e. The third-order valence-corrected chi connectivity index (χ3v) is 4.54. The Labute approximate surface area is 149 Å². The van der Waals surface area contributed by atoms with E-state index in [2.05, 4.69) is 12.1 Å². The van der Waals surface area contributed by atoms with E-state index in [-0.39, 0.29) is 5.82 Å². The Morgan fingerprint density at radius 3 is 2.36 bits per heavy atom. The van der Waals surface area contributed by atoms with Gasteiger partial charge in [0.1, 0.15) is 17.5 Å². The zero-order valence-electron chi connectivity index (χ0n) is 12.9. The maximum absolute atomic E-state index is 9.79. The summed E-state index contributed by atoms with van der Waals surface area (Å²) in [6.07, 6.45) is 0. The van der Waals surface area contributed by atoms with Gasteiger partial charge in [0.2, 0.25) is 5.88 Å². The Hall–Kier alpha value is -3.41. The van der Waals surface area contributed by atoms with Crippen LogP contribution in [0.15, 0.2) is 71.4 Å². The largest absolute Gasteiger partial charge is 0.437 e. The molecule has 2 aliphatic rings. The molecule has 6 heteroatoms. The average molecular weight is 347 g/mol. The van der Waals surface area contributed by atoms with Crippen LogP contribution in [0.4, 0.5) is 5.69 Å². The number of benzene rings is 2. The van der Waals surface area contributed by atoms with Crippen LogP contribution >= 0.6 is 11.6 Å². The molecule has 4 rings (SSSR count). The fourth-order valence-corrected chi connectivity index (χ4v) is 3.29. The quantitative estimate of drug-likeness (QED) is 0.849. The number of nitrogens with two attached hydrogens (primary N) is 1. The zero-order valence-corrected chi connectivity index (χ0v) is 13.7. The normalized spacial score (nSPS) is 18.2. The van der Waals surface area contributed by atoms with Crippen molar-refractivity contribution >= 4 is 17.3 Å². The molecule has 1 unspecified atom stereocenters. The van der Waals surface area contributed by atoms with Gasteiger partial charge in [-0.15, -0.1) is 0 Å². The summed E-state index contributed by atoms with van der Waals surface area (Å²) in [5.41, 5.74) is 8.41. The van der Waals surface area contributed by atoms with Crippen LogP contribution in [0.5, 0.6) is 5.75 Å². The van der Waals surface area contributed by atoms with Gasteiger partial charge >= 0.3 is 0 Å². The zero-order chi connectivity index (χ0) is 17.6. The van der Waals surface area contributed by atoms with Gasteiger partial charge in [-0.1, -0.05) is 35.9 Å². The predicted octanol–water partition coefficient (Wildman–Crippen LogP) is 3.77. The number of nitriles is 2. The SMILES string of the molecule is N#CC1=C(N)N2C(=C(C#N)C1c1ccc(Cl)cc1)Oc1ccccc12. The molecule has 0 bridgehead atoms. The van der Waals surface area contributed by atoms with E-state index in [0.717, 1.165) is 5.56 Å². The van der Waals surface area contributed by atoms with E-state index in [4.69, 9.17) is 22.1 Å². The highest BCUT2D eigenvalue weighted by Crippen LogP contribution is 2.48. The molecule has 0 aromatic heterocycles. The molecule has 0 fully saturated rings. The highest BCUT2D eigenvalue weighted by Gasteiger charge is 2.41. The molecule has 0 saturated carbocycles. The predicted molar refractivity (Wildman–Crippen MR) is 93.2 cm³/mol. The molecule has 0 aliphatic carbocycles. The maximum Gasteiger partial charge on any atom is 0.221 e. The van der Waals surface area contributed by atoms with Crippen LogP contribution in [0.1, 0.15) is 11.5 Å². The monoisotopic (exact) mass is 346 g/mol.